The minimum atomic E-state index is -3.45. The first-order valence-corrected chi connectivity index (χ1v) is 9.58. The lowest BCUT2D eigenvalue weighted by Crippen LogP contribution is -2.18. The highest BCUT2D eigenvalue weighted by atomic mass is 79.9. The summed E-state index contributed by atoms with van der Waals surface area (Å²) in [6.45, 7) is 3.77. The topological polar surface area (TPSA) is 63.2 Å². The van der Waals surface area contributed by atoms with Gasteiger partial charge in [0.15, 0.2) is 9.84 Å². The van der Waals surface area contributed by atoms with Gasteiger partial charge in [-0.3, -0.25) is 4.79 Å². The predicted octanol–water partition coefficient (Wildman–Crippen LogP) is 3.87. The molecule has 2 rings (SSSR count). The standard InChI is InChI=1S/C17H18BrNO3S/c1-12-3-7-15(8-4-12)23(21,22)10-9-17(20)19-16-11-14(18)6-5-13(16)2/h3-8,11H,9-10H2,1-2H3,(H,19,20). The van der Waals surface area contributed by atoms with Gasteiger partial charge in [-0.2, -0.15) is 0 Å². The maximum atomic E-state index is 12.2. The smallest absolute Gasteiger partial charge is 0.225 e. The van der Waals surface area contributed by atoms with E-state index >= 15 is 0 Å². The van der Waals surface area contributed by atoms with Crippen LogP contribution in [0, 0.1) is 13.8 Å². The first-order chi connectivity index (χ1) is 10.8. The normalized spacial score (nSPS) is 11.3. The monoisotopic (exact) mass is 395 g/mol. The highest BCUT2D eigenvalue weighted by molar-refractivity contribution is 9.10. The van der Waals surface area contributed by atoms with Gasteiger partial charge in [-0.1, -0.05) is 39.7 Å². The van der Waals surface area contributed by atoms with Gasteiger partial charge in [0.1, 0.15) is 0 Å². The Bertz CT molecular complexity index is 814. The Balaban J connectivity index is 2.01. The van der Waals surface area contributed by atoms with E-state index in [2.05, 4.69) is 21.2 Å². The Hall–Kier alpha value is -1.66. The van der Waals surface area contributed by atoms with Crippen LogP contribution in [0.2, 0.25) is 0 Å². The van der Waals surface area contributed by atoms with Crippen LogP contribution < -0.4 is 5.32 Å². The van der Waals surface area contributed by atoms with E-state index in [1.807, 2.05) is 26.0 Å². The van der Waals surface area contributed by atoms with Crippen molar-refractivity contribution in [2.24, 2.45) is 0 Å². The summed E-state index contributed by atoms with van der Waals surface area (Å²) < 4.78 is 25.3. The molecule has 0 aliphatic carbocycles. The van der Waals surface area contributed by atoms with Crippen LogP contribution >= 0.6 is 15.9 Å². The van der Waals surface area contributed by atoms with E-state index in [1.54, 1.807) is 30.3 Å². The van der Waals surface area contributed by atoms with Crippen molar-refractivity contribution in [1.29, 1.82) is 0 Å². The molecular formula is C17H18BrNO3S. The fraction of sp³-hybridized carbons (Fsp3) is 0.235. The van der Waals surface area contributed by atoms with Crippen LogP contribution in [-0.2, 0) is 14.6 Å². The number of nitrogens with one attached hydrogen (secondary N) is 1. The van der Waals surface area contributed by atoms with Crippen molar-refractivity contribution in [2.75, 3.05) is 11.1 Å². The summed E-state index contributed by atoms with van der Waals surface area (Å²) in [7, 11) is -3.45. The quantitative estimate of drug-likeness (QED) is 0.835. The van der Waals surface area contributed by atoms with Gasteiger partial charge < -0.3 is 5.32 Å². The summed E-state index contributed by atoms with van der Waals surface area (Å²) in [4.78, 5) is 12.3. The molecule has 2 aromatic rings. The van der Waals surface area contributed by atoms with Gasteiger partial charge in [-0.15, -0.1) is 0 Å². The van der Waals surface area contributed by atoms with Crippen molar-refractivity contribution in [1.82, 2.24) is 0 Å². The zero-order valence-corrected chi connectivity index (χ0v) is 15.4. The molecule has 1 N–H and O–H groups in total. The Labute approximate surface area is 145 Å². The van der Waals surface area contributed by atoms with Crippen LogP contribution in [0.25, 0.3) is 0 Å². The van der Waals surface area contributed by atoms with Gasteiger partial charge in [0.25, 0.3) is 0 Å². The number of aryl methyl sites for hydroxylation is 2. The summed E-state index contributed by atoms with van der Waals surface area (Å²) in [5.74, 6) is -0.531. The maximum Gasteiger partial charge on any atom is 0.225 e. The van der Waals surface area contributed by atoms with Crippen molar-refractivity contribution in [3.05, 3.63) is 58.1 Å². The first-order valence-electron chi connectivity index (χ1n) is 7.13. The third-order valence-electron chi connectivity index (χ3n) is 3.45. The molecule has 0 aliphatic heterocycles. The second-order valence-electron chi connectivity index (χ2n) is 5.39. The van der Waals surface area contributed by atoms with E-state index in [1.165, 1.54) is 0 Å². The molecule has 6 heteroatoms. The highest BCUT2D eigenvalue weighted by Crippen LogP contribution is 2.21. The van der Waals surface area contributed by atoms with Crippen LogP contribution in [-0.4, -0.2) is 20.1 Å². The number of hydrogen-bond donors (Lipinski definition) is 1. The van der Waals surface area contributed by atoms with E-state index in [-0.39, 0.29) is 23.0 Å². The molecule has 0 heterocycles. The van der Waals surface area contributed by atoms with Gasteiger partial charge in [0.2, 0.25) is 5.91 Å². The molecule has 2 aromatic carbocycles. The Morgan fingerprint density at radius 2 is 1.74 bits per heavy atom. The van der Waals surface area contributed by atoms with Crippen LogP contribution in [0.3, 0.4) is 0 Å². The lowest BCUT2D eigenvalue weighted by atomic mass is 10.2. The third-order valence-corrected chi connectivity index (χ3v) is 5.68. The summed E-state index contributed by atoms with van der Waals surface area (Å²) in [6.07, 6.45) is -0.0812. The van der Waals surface area contributed by atoms with Gasteiger partial charge in [-0.25, -0.2) is 8.42 Å². The second kappa shape index (κ2) is 7.27. The molecule has 23 heavy (non-hydrogen) atoms. The van der Waals surface area contributed by atoms with Gasteiger partial charge >= 0.3 is 0 Å². The van der Waals surface area contributed by atoms with E-state index in [0.29, 0.717) is 5.69 Å². The number of rotatable bonds is 5. The predicted molar refractivity (Wildman–Crippen MR) is 95.4 cm³/mol. The highest BCUT2D eigenvalue weighted by Gasteiger charge is 2.16. The summed E-state index contributed by atoms with van der Waals surface area (Å²) >= 11 is 3.35. The van der Waals surface area contributed by atoms with Crippen LogP contribution in [0.5, 0.6) is 0 Å². The molecule has 0 spiro atoms. The van der Waals surface area contributed by atoms with Crippen LogP contribution in [0.4, 0.5) is 5.69 Å². The van der Waals surface area contributed by atoms with E-state index < -0.39 is 9.84 Å². The van der Waals surface area contributed by atoms with Crippen LogP contribution in [0.15, 0.2) is 51.8 Å². The lowest BCUT2D eigenvalue weighted by molar-refractivity contribution is -0.115. The van der Waals surface area contributed by atoms with Crippen molar-refractivity contribution in [3.63, 3.8) is 0 Å². The van der Waals surface area contributed by atoms with E-state index in [9.17, 15) is 13.2 Å². The molecule has 0 saturated carbocycles. The Kier molecular flexibility index (Phi) is 5.59. The first kappa shape index (κ1) is 17.7. The number of anilines is 1. The van der Waals surface area contributed by atoms with Crippen molar-refractivity contribution in [2.45, 2.75) is 25.2 Å². The molecule has 0 unspecified atom stereocenters. The average molecular weight is 396 g/mol. The molecule has 0 atom stereocenters. The van der Waals surface area contributed by atoms with Crippen molar-refractivity contribution < 1.29 is 13.2 Å². The largest absolute Gasteiger partial charge is 0.326 e. The third kappa shape index (κ3) is 4.91. The van der Waals surface area contributed by atoms with Gasteiger partial charge in [0.05, 0.1) is 10.6 Å². The van der Waals surface area contributed by atoms with E-state index in [4.69, 9.17) is 0 Å². The molecule has 0 aliphatic rings. The zero-order chi connectivity index (χ0) is 17.0. The molecule has 122 valence electrons. The number of sulfone groups is 1. The fourth-order valence-electron chi connectivity index (χ4n) is 2.03. The number of amides is 1. The maximum absolute atomic E-state index is 12.2. The molecule has 0 aromatic heterocycles. The van der Waals surface area contributed by atoms with Crippen molar-refractivity contribution in [3.8, 4) is 0 Å². The number of benzene rings is 2. The average Bonchev–Trinajstić information content (AvgIpc) is 2.49. The molecule has 0 fully saturated rings. The Morgan fingerprint density at radius 3 is 2.39 bits per heavy atom. The number of hydrogen-bond acceptors (Lipinski definition) is 3. The molecule has 0 radical (unpaired) electrons. The molecule has 0 bridgehead atoms. The number of halogens is 1. The number of carbonyl (C=O) groups excluding carboxylic acids is 1. The molecular weight excluding hydrogens is 378 g/mol. The summed E-state index contributed by atoms with van der Waals surface area (Å²) in [6, 6.07) is 12.2. The zero-order valence-electron chi connectivity index (χ0n) is 13.0. The lowest BCUT2D eigenvalue weighted by Gasteiger charge is -2.09. The van der Waals surface area contributed by atoms with Crippen LogP contribution in [0.1, 0.15) is 17.5 Å². The Morgan fingerprint density at radius 1 is 1.09 bits per heavy atom. The summed E-state index contributed by atoms with van der Waals surface area (Å²) in [5.41, 5.74) is 2.59. The number of carbonyl (C=O) groups is 1. The van der Waals surface area contributed by atoms with E-state index in [0.717, 1.165) is 15.6 Å². The second-order valence-corrected chi connectivity index (χ2v) is 8.41. The minimum absolute atomic E-state index is 0.0812. The summed E-state index contributed by atoms with van der Waals surface area (Å²) in [5, 5.41) is 2.75. The SMILES string of the molecule is Cc1ccc(S(=O)(=O)CCC(=O)Nc2cc(Br)ccc2C)cc1. The fourth-order valence-corrected chi connectivity index (χ4v) is 3.63. The van der Waals surface area contributed by atoms with Gasteiger partial charge in [0, 0.05) is 16.6 Å². The molecule has 1 amide bonds. The minimum Gasteiger partial charge on any atom is -0.326 e. The van der Waals surface area contributed by atoms with Crippen molar-refractivity contribution >= 4 is 37.4 Å². The molecule has 4 nitrogen and oxygen atoms in total. The molecule has 0 saturated heterocycles. The van der Waals surface area contributed by atoms with Gasteiger partial charge in [-0.05, 0) is 43.7 Å².